The van der Waals surface area contributed by atoms with Gasteiger partial charge >= 0.3 is 0 Å². The summed E-state index contributed by atoms with van der Waals surface area (Å²) in [5.74, 6) is 0.662. The first-order valence-electron chi connectivity index (χ1n) is 4.46. The van der Waals surface area contributed by atoms with Crippen LogP contribution in [0, 0.1) is 0 Å². The molecule has 0 spiro atoms. The number of sulfone groups is 1. The fourth-order valence-electron chi connectivity index (χ4n) is 1.68. The molecule has 1 aliphatic rings. The van der Waals surface area contributed by atoms with Crippen molar-refractivity contribution in [3.05, 3.63) is 12.2 Å². The molecule has 1 aliphatic heterocycles. The number of hydrogen-bond acceptors (Lipinski definition) is 3. The minimum atomic E-state index is -2.75. The van der Waals surface area contributed by atoms with E-state index in [0.29, 0.717) is 11.5 Å². The van der Waals surface area contributed by atoms with Gasteiger partial charge in [0.05, 0.1) is 11.5 Å². The van der Waals surface area contributed by atoms with E-state index in [9.17, 15) is 8.42 Å². The minimum absolute atomic E-state index is 0.196. The third-order valence-corrected chi connectivity index (χ3v) is 4.10. The predicted molar refractivity (Wildman–Crippen MR) is 54.5 cm³/mol. The van der Waals surface area contributed by atoms with Crippen molar-refractivity contribution in [3.63, 3.8) is 0 Å². The molecule has 1 fully saturated rings. The standard InChI is InChI=1S/C9H17NO2S/c1-8(2)6-10(3)9-4-5-13(11,12)7-9/h9H,1,4-7H2,2-3H3. The summed E-state index contributed by atoms with van der Waals surface area (Å²) >= 11 is 0. The topological polar surface area (TPSA) is 37.4 Å². The van der Waals surface area contributed by atoms with Crippen molar-refractivity contribution < 1.29 is 8.42 Å². The summed E-state index contributed by atoms with van der Waals surface area (Å²) in [6.07, 6.45) is 0.770. The molecule has 0 N–H and O–H groups in total. The zero-order valence-electron chi connectivity index (χ0n) is 8.28. The van der Waals surface area contributed by atoms with Gasteiger partial charge in [0.1, 0.15) is 0 Å². The Morgan fingerprint density at radius 2 is 2.23 bits per heavy atom. The van der Waals surface area contributed by atoms with Crippen molar-refractivity contribution in [2.24, 2.45) is 0 Å². The first-order chi connectivity index (χ1) is 5.91. The molecule has 0 aliphatic carbocycles. The van der Waals surface area contributed by atoms with E-state index >= 15 is 0 Å². The molecule has 1 atom stereocenters. The van der Waals surface area contributed by atoms with Crippen LogP contribution in [-0.2, 0) is 9.84 Å². The summed E-state index contributed by atoms with van der Waals surface area (Å²) in [6, 6.07) is 0.196. The van der Waals surface area contributed by atoms with Crippen molar-refractivity contribution in [2.45, 2.75) is 19.4 Å². The fraction of sp³-hybridized carbons (Fsp3) is 0.778. The molecule has 1 heterocycles. The van der Waals surface area contributed by atoms with Gasteiger partial charge in [-0.2, -0.15) is 0 Å². The molecule has 0 aromatic heterocycles. The third kappa shape index (κ3) is 3.12. The summed E-state index contributed by atoms with van der Waals surface area (Å²) in [6.45, 7) is 6.56. The molecule has 0 amide bonds. The van der Waals surface area contributed by atoms with Crippen LogP contribution in [0.5, 0.6) is 0 Å². The normalized spacial score (nSPS) is 26.5. The van der Waals surface area contributed by atoms with Crippen LogP contribution in [0.4, 0.5) is 0 Å². The summed E-state index contributed by atoms with van der Waals surface area (Å²) in [7, 11) is -0.789. The lowest BCUT2D eigenvalue weighted by Crippen LogP contribution is -2.33. The molecule has 76 valence electrons. The molecule has 0 radical (unpaired) electrons. The van der Waals surface area contributed by atoms with Crippen molar-refractivity contribution in [1.82, 2.24) is 4.90 Å². The maximum atomic E-state index is 11.2. The first-order valence-corrected chi connectivity index (χ1v) is 6.28. The highest BCUT2D eigenvalue weighted by Gasteiger charge is 2.30. The number of hydrogen-bond donors (Lipinski definition) is 0. The van der Waals surface area contributed by atoms with Gasteiger partial charge in [0.15, 0.2) is 9.84 Å². The van der Waals surface area contributed by atoms with E-state index in [0.717, 1.165) is 18.5 Å². The largest absolute Gasteiger partial charge is 0.298 e. The van der Waals surface area contributed by atoms with Crippen molar-refractivity contribution in [3.8, 4) is 0 Å². The predicted octanol–water partition coefficient (Wildman–Crippen LogP) is 0.681. The molecular weight excluding hydrogens is 186 g/mol. The SMILES string of the molecule is C=C(C)CN(C)C1CCS(=O)(=O)C1. The van der Waals surface area contributed by atoms with Gasteiger partial charge in [-0.05, 0) is 20.4 Å². The highest BCUT2D eigenvalue weighted by molar-refractivity contribution is 7.91. The Balaban J connectivity index is 2.51. The van der Waals surface area contributed by atoms with Crippen LogP contribution in [0.3, 0.4) is 0 Å². The average Bonchev–Trinajstić information content (AvgIpc) is 2.28. The zero-order chi connectivity index (χ0) is 10.1. The van der Waals surface area contributed by atoms with E-state index < -0.39 is 9.84 Å². The van der Waals surface area contributed by atoms with E-state index in [4.69, 9.17) is 0 Å². The molecule has 0 bridgehead atoms. The van der Waals surface area contributed by atoms with Crippen LogP contribution < -0.4 is 0 Å². The number of rotatable bonds is 3. The van der Waals surface area contributed by atoms with Gasteiger partial charge in [-0.15, -0.1) is 0 Å². The van der Waals surface area contributed by atoms with Gasteiger partial charge in [0, 0.05) is 12.6 Å². The third-order valence-electron chi connectivity index (χ3n) is 2.35. The molecule has 1 saturated heterocycles. The Bertz CT molecular complexity index is 295. The summed E-state index contributed by atoms with van der Waals surface area (Å²) in [5, 5.41) is 0. The lowest BCUT2D eigenvalue weighted by molar-refractivity contribution is 0.283. The Kier molecular flexibility index (Phi) is 3.14. The van der Waals surface area contributed by atoms with Crippen molar-refractivity contribution in [1.29, 1.82) is 0 Å². The minimum Gasteiger partial charge on any atom is -0.298 e. The van der Waals surface area contributed by atoms with Gasteiger partial charge in [-0.3, -0.25) is 4.90 Å². The zero-order valence-corrected chi connectivity index (χ0v) is 9.10. The van der Waals surface area contributed by atoms with Crippen LogP contribution >= 0.6 is 0 Å². The summed E-state index contributed by atoms with van der Waals surface area (Å²) in [4.78, 5) is 2.08. The first kappa shape index (κ1) is 10.7. The molecule has 0 saturated carbocycles. The second kappa shape index (κ2) is 3.80. The molecule has 13 heavy (non-hydrogen) atoms. The molecular formula is C9H17NO2S. The fourth-order valence-corrected chi connectivity index (χ4v) is 3.48. The quantitative estimate of drug-likeness (QED) is 0.633. The van der Waals surface area contributed by atoms with Crippen LogP contribution in [0.2, 0.25) is 0 Å². The molecule has 4 heteroatoms. The molecule has 3 nitrogen and oxygen atoms in total. The van der Waals surface area contributed by atoms with Crippen LogP contribution in [-0.4, -0.2) is 44.5 Å². The van der Waals surface area contributed by atoms with Crippen LogP contribution in [0.25, 0.3) is 0 Å². The Hall–Kier alpha value is -0.350. The van der Waals surface area contributed by atoms with E-state index in [2.05, 4.69) is 11.5 Å². The van der Waals surface area contributed by atoms with Gasteiger partial charge in [0.2, 0.25) is 0 Å². The molecule has 0 aromatic carbocycles. The summed E-state index contributed by atoms with van der Waals surface area (Å²) in [5.41, 5.74) is 1.08. The lowest BCUT2D eigenvalue weighted by Gasteiger charge is -2.22. The maximum Gasteiger partial charge on any atom is 0.151 e. The number of likely N-dealkylation sites (N-methyl/N-ethyl adjacent to an activating group) is 1. The molecule has 1 rings (SSSR count). The van der Waals surface area contributed by atoms with E-state index in [1.807, 2.05) is 14.0 Å². The Morgan fingerprint density at radius 3 is 2.62 bits per heavy atom. The molecule has 0 aromatic rings. The van der Waals surface area contributed by atoms with Crippen molar-refractivity contribution >= 4 is 9.84 Å². The average molecular weight is 203 g/mol. The highest BCUT2D eigenvalue weighted by atomic mass is 32.2. The monoisotopic (exact) mass is 203 g/mol. The van der Waals surface area contributed by atoms with Gasteiger partial charge in [0.25, 0.3) is 0 Å². The number of nitrogens with zero attached hydrogens (tertiary/aromatic N) is 1. The van der Waals surface area contributed by atoms with Crippen LogP contribution in [0.1, 0.15) is 13.3 Å². The van der Waals surface area contributed by atoms with E-state index in [-0.39, 0.29) is 6.04 Å². The second-order valence-electron chi connectivity index (χ2n) is 3.93. The van der Waals surface area contributed by atoms with E-state index in [1.165, 1.54) is 0 Å². The van der Waals surface area contributed by atoms with Gasteiger partial charge in [-0.25, -0.2) is 8.42 Å². The lowest BCUT2D eigenvalue weighted by atomic mass is 10.2. The summed E-state index contributed by atoms with van der Waals surface area (Å²) < 4.78 is 22.4. The second-order valence-corrected chi connectivity index (χ2v) is 6.16. The van der Waals surface area contributed by atoms with Gasteiger partial charge in [-0.1, -0.05) is 12.2 Å². The Labute approximate surface area is 80.3 Å². The van der Waals surface area contributed by atoms with Gasteiger partial charge < -0.3 is 0 Å². The molecule has 1 unspecified atom stereocenters. The maximum absolute atomic E-state index is 11.2. The smallest absolute Gasteiger partial charge is 0.151 e. The van der Waals surface area contributed by atoms with Crippen molar-refractivity contribution in [2.75, 3.05) is 25.1 Å². The highest BCUT2D eigenvalue weighted by Crippen LogP contribution is 2.16. The van der Waals surface area contributed by atoms with E-state index in [1.54, 1.807) is 0 Å². The van der Waals surface area contributed by atoms with Crippen LogP contribution in [0.15, 0.2) is 12.2 Å². The Morgan fingerprint density at radius 1 is 1.62 bits per heavy atom.